The van der Waals surface area contributed by atoms with E-state index in [1.165, 1.54) is 32.1 Å². The largest absolute Gasteiger partial charge is 0.493 e. The third-order valence-corrected chi connectivity index (χ3v) is 3.40. The molecule has 0 amide bonds. The molecule has 0 bridgehead atoms. The van der Waals surface area contributed by atoms with E-state index >= 15 is 0 Å². The van der Waals surface area contributed by atoms with Crippen molar-refractivity contribution in [2.45, 2.75) is 52.0 Å². The van der Waals surface area contributed by atoms with Crippen molar-refractivity contribution in [3.8, 4) is 11.5 Å². The third kappa shape index (κ3) is 6.29. The molecular weight excluding hydrogens is 250 g/mol. The fourth-order valence-corrected chi connectivity index (χ4v) is 2.31. The average molecular weight is 279 g/mol. The molecule has 3 heteroatoms. The maximum Gasteiger partial charge on any atom is 0.161 e. The van der Waals surface area contributed by atoms with Crippen LogP contribution in [0.4, 0.5) is 0 Å². The molecule has 0 heterocycles. The van der Waals surface area contributed by atoms with Crippen LogP contribution in [0.2, 0.25) is 0 Å². The fourth-order valence-electron chi connectivity index (χ4n) is 2.31. The highest BCUT2D eigenvalue weighted by molar-refractivity contribution is 5.39. The second-order valence-electron chi connectivity index (χ2n) is 5.08. The summed E-state index contributed by atoms with van der Waals surface area (Å²) in [6.07, 6.45) is 6.30. The van der Waals surface area contributed by atoms with Crippen molar-refractivity contribution in [1.82, 2.24) is 5.32 Å². The molecule has 1 aromatic carbocycles. The first-order chi connectivity index (χ1) is 9.81. The molecule has 0 aliphatic rings. The van der Waals surface area contributed by atoms with Gasteiger partial charge in [-0.2, -0.15) is 0 Å². The van der Waals surface area contributed by atoms with E-state index in [1.807, 2.05) is 24.3 Å². The Balaban J connectivity index is 2.28. The maximum absolute atomic E-state index is 5.77. The molecule has 0 aliphatic heterocycles. The maximum atomic E-state index is 5.77. The summed E-state index contributed by atoms with van der Waals surface area (Å²) in [5, 5.41) is 3.60. The summed E-state index contributed by atoms with van der Waals surface area (Å²) in [5.41, 5.74) is 0. The highest BCUT2D eigenvalue weighted by atomic mass is 16.5. The smallest absolute Gasteiger partial charge is 0.161 e. The molecule has 1 rings (SSSR count). The Morgan fingerprint density at radius 1 is 1.05 bits per heavy atom. The van der Waals surface area contributed by atoms with Crippen LogP contribution in [-0.2, 0) is 0 Å². The molecule has 1 aromatic rings. The highest BCUT2D eigenvalue weighted by Gasteiger charge is 2.07. The van der Waals surface area contributed by atoms with Gasteiger partial charge in [-0.3, -0.25) is 0 Å². The zero-order valence-electron chi connectivity index (χ0n) is 13.2. The molecule has 0 aromatic heterocycles. The monoisotopic (exact) mass is 279 g/mol. The average Bonchev–Trinajstić information content (AvgIpc) is 2.49. The van der Waals surface area contributed by atoms with Crippen molar-refractivity contribution < 1.29 is 9.47 Å². The van der Waals surface area contributed by atoms with Crippen molar-refractivity contribution in [1.29, 1.82) is 0 Å². The van der Waals surface area contributed by atoms with Crippen LogP contribution in [0.3, 0.4) is 0 Å². The SMILES string of the molecule is CCCCC(CCC)NCCOc1ccccc1OC. The van der Waals surface area contributed by atoms with E-state index in [9.17, 15) is 0 Å². The van der Waals surface area contributed by atoms with E-state index < -0.39 is 0 Å². The number of para-hydroxylation sites is 2. The number of hydrogen-bond acceptors (Lipinski definition) is 3. The van der Waals surface area contributed by atoms with Crippen molar-refractivity contribution in [2.75, 3.05) is 20.3 Å². The van der Waals surface area contributed by atoms with Gasteiger partial charge in [0.25, 0.3) is 0 Å². The van der Waals surface area contributed by atoms with Gasteiger partial charge in [0.1, 0.15) is 6.61 Å². The van der Waals surface area contributed by atoms with Crippen LogP contribution < -0.4 is 14.8 Å². The molecule has 114 valence electrons. The number of benzene rings is 1. The van der Waals surface area contributed by atoms with E-state index in [0.29, 0.717) is 12.6 Å². The van der Waals surface area contributed by atoms with E-state index in [1.54, 1.807) is 7.11 Å². The van der Waals surface area contributed by atoms with E-state index in [4.69, 9.17) is 9.47 Å². The summed E-state index contributed by atoms with van der Waals surface area (Å²) in [4.78, 5) is 0. The lowest BCUT2D eigenvalue weighted by Crippen LogP contribution is -2.32. The van der Waals surface area contributed by atoms with Crippen LogP contribution in [0.25, 0.3) is 0 Å². The summed E-state index contributed by atoms with van der Waals surface area (Å²) >= 11 is 0. The minimum atomic E-state index is 0.626. The van der Waals surface area contributed by atoms with Gasteiger partial charge in [0.15, 0.2) is 11.5 Å². The zero-order chi connectivity index (χ0) is 14.6. The first-order valence-corrected chi connectivity index (χ1v) is 7.81. The highest BCUT2D eigenvalue weighted by Crippen LogP contribution is 2.25. The summed E-state index contributed by atoms with van der Waals surface area (Å²) in [7, 11) is 1.67. The molecule has 0 spiro atoms. The van der Waals surface area contributed by atoms with Gasteiger partial charge < -0.3 is 14.8 Å². The minimum absolute atomic E-state index is 0.626. The fraction of sp³-hybridized carbons (Fsp3) is 0.647. The van der Waals surface area contributed by atoms with E-state index in [2.05, 4.69) is 19.2 Å². The molecule has 1 N–H and O–H groups in total. The number of unbranched alkanes of at least 4 members (excludes halogenated alkanes) is 1. The lowest BCUT2D eigenvalue weighted by molar-refractivity contribution is 0.281. The summed E-state index contributed by atoms with van der Waals surface area (Å²) in [6.45, 7) is 6.04. The van der Waals surface area contributed by atoms with Gasteiger partial charge in [-0.15, -0.1) is 0 Å². The molecule has 0 saturated heterocycles. The van der Waals surface area contributed by atoms with Gasteiger partial charge in [-0.25, -0.2) is 0 Å². The van der Waals surface area contributed by atoms with Gasteiger partial charge in [-0.1, -0.05) is 45.2 Å². The van der Waals surface area contributed by atoms with Crippen molar-refractivity contribution in [2.24, 2.45) is 0 Å². The van der Waals surface area contributed by atoms with Gasteiger partial charge in [0.05, 0.1) is 7.11 Å². The van der Waals surface area contributed by atoms with Gasteiger partial charge >= 0.3 is 0 Å². The standard InChI is InChI=1S/C17H29NO2/c1-4-6-10-15(9-5-2)18-13-14-20-17-12-8-7-11-16(17)19-3/h7-8,11-12,15,18H,4-6,9-10,13-14H2,1-3H3. The number of hydrogen-bond donors (Lipinski definition) is 1. The van der Waals surface area contributed by atoms with Crippen LogP contribution in [0.15, 0.2) is 24.3 Å². The molecular formula is C17H29NO2. The molecule has 20 heavy (non-hydrogen) atoms. The molecule has 0 aliphatic carbocycles. The van der Waals surface area contributed by atoms with Crippen LogP contribution in [0.1, 0.15) is 46.0 Å². The van der Waals surface area contributed by atoms with Gasteiger partial charge in [0.2, 0.25) is 0 Å². The van der Waals surface area contributed by atoms with E-state index in [0.717, 1.165) is 18.0 Å². The molecule has 0 saturated carbocycles. The van der Waals surface area contributed by atoms with Crippen molar-refractivity contribution >= 4 is 0 Å². The van der Waals surface area contributed by atoms with E-state index in [-0.39, 0.29) is 0 Å². The number of ether oxygens (including phenoxy) is 2. The first kappa shape index (κ1) is 16.8. The Labute approximate surface area is 123 Å². The Hall–Kier alpha value is -1.22. The number of rotatable bonds is 11. The molecule has 1 unspecified atom stereocenters. The third-order valence-electron chi connectivity index (χ3n) is 3.40. The Bertz CT molecular complexity index is 355. The Morgan fingerprint density at radius 3 is 2.45 bits per heavy atom. The number of nitrogens with one attached hydrogen (secondary N) is 1. The normalized spacial score (nSPS) is 12.2. The molecule has 0 fully saturated rings. The summed E-state index contributed by atoms with van der Waals surface area (Å²) < 4.78 is 11.0. The molecule has 0 radical (unpaired) electrons. The predicted molar refractivity (Wildman–Crippen MR) is 84.7 cm³/mol. The van der Waals surface area contributed by atoms with Crippen LogP contribution in [0, 0.1) is 0 Å². The van der Waals surface area contributed by atoms with Crippen molar-refractivity contribution in [3.05, 3.63) is 24.3 Å². The zero-order valence-corrected chi connectivity index (χ0v) is 13.2. The summed E-state index contributed by atoms with van der Waals surface area (Å²) in [5.74, 6) is 1.61. The minimum Gasteiger partial charge on any atom is -0.493 e. The van der Waals surface area contributed by atoms with Crippen LogP contribution >= 0.6 is 0 Å². The first-order valence-electron chi connectivity index (χ1n) is 7.81. The Morgan fingerprint density at radius 2 is 1.80 bits per heavy atom. The van der Waals surface area contributed by atoms with Crippen molar-refractivity contribution in [3.63, 3.8) is 0 Å². The second kappa shape index (κ2) is 10.6. The molecule has 1 atom stereocenters. The van der Waals surface area contributed by atoms with Crippen LogP contribution in [0.5, 0.6) is 11.5 Å². The Kier molecular flexibility index (Phi) is 8.88. The van der Waals surface area contributed by atoms with Gasteiger partial charge in [-0.05, 0) is 25.0 Å². The lowest BCUT2D eigenvalue weighted by atomic mass is 10.1. The van der Waals surface area contributed by atoms with Gasteiger partial charge in [0, 0.05) is 12.6 Å². The lowest BCUT2D eigenvalue weighted by Gasteiger charge is -2.18. The quantitative estimate of drug-likeness (QED) is 0.621. The number of methoxy groups -OCH3 is 1. The van der Waals surface area contributed by atoms with Crippen LogP contribution in [-0.4, -0.2) is 26.3 Å². The summed E-state index contributed by atoms with van der Waals surface area (Å²) in [6, 6.07) is 8.41. The predicted octanol–water partition coefficient (Wildman–Crippen LogP) is 4.02. The molecule has 3 nitrogen and oxygen atoms in total. The second-order valence-corrected chi connectivity index (χ2v) is 5.08. The topological polar surface area (TPSA) is 30.5 Å².